The molecule has 2 aliphatic rings. The molecule has 0 aromatic heterocycles. The Morgan fingerprint density at radius 2 is 1.64 bits per heavy atom. The number of nitrogens with zero attached hydrogens (tertiary/aromatic N) is 1. The monoisotopic (exact) mass is 483 g/mol. The van der Waals surface area contributed by atoms with E-state index in [1.165, 1.54) is 24.8 Å². The van der Waals surface area contributed by atoms with E-state index >= 15 is 0 Å². The summed E-state index contributed by atoms with van der Waals surface area (Å²) in [5, 5.41) is 0. The van der Waals surface area contributed by atoms with Crippen molar-refractivity contribution in [1.82, 2.24) is 4.90 Å². The quantitative estimate of drug-likeness (QED) is 0.255. The summed E-state index contributed by atoms with van der Waals surface area (Å²) in [4.78, 5) is 15.3. The second-order valence-electron chi connectivity index (χ2n) is 9.36. The first-order valence-electron chi connectivity index (χ1n) is 12.9. The highest BCUT2D eigenvalue weighted by atomic mass is 16.5. The van der Waals surface area contributed by atoms with Crippen LogP contribution in [0, 0.1) is 0 Å². The summed E-state index contributed by atoms with van der Waals surface area (Å²) < 4.78 is 17.8. The zero-order chi connectivity index (χ0) is 24.6. The highest BCUT2D eigenvalue weighted by molar-refractivity contribution is 6.14. The van der Waals surface area contributed by atoms with Crippen molar-refractivity contribution in [3.63, 3.8) is 0 Å². The molecule has 0 amide bonds. The molecule has 0 radical (unpaired) electrons. The summed E-state index contributed by atoms with van der Waals surface area (Å²) >= 11 is 0. The number of piperidine rings is 1. The van der Waals surface area contributed by atoms with Crippen molar-refractivity contribution in [2.75, 3.05) is 32.8 Å². The number of carbonyl (C=O) groups is 1. The number of benzene rings is 3. The van der Waals surface area contributed by atoms with Crippen LogP contribution in [0.5, 0.6) is 17.2 Å². The third kappa shape index (κ3) is 6.35. The van der Waals surface area contributed by atoms with Crippen LogP contribution in [-0.4, -0.2) is 43.5 Å². The van der Waals surface area contributed by atoms with Gasteiger partial charge < -0.3 is 14.2 Å². The van der Waals surface area contributed by atoms with Crippen LogP contribution in [0.15, 0.2) is 78.6 Å². The number of Topliss-reactive ketones (excluding diaryl/α,β-unsaturated/α-hetero) is 1. The number of aryl methyl sites for hydroxylation is 1. The SMILES string of the molecule is O=C1/C(=C/c2cccc(OCCCc3ccccc3)c2)Oc2cc(OCCN3CCCCC3)ccc21. The van der Waals surface area contributed by atoms with Crippen LogP contribution >= 0.6 is 0 Å². The Balaban J connectivity index is 1.15. The largest absolute Gasteiger partial charge is 0.494 e. The third-order valence-corrected chi connectivity index (χ3v) is 6.64. The Hall–Kier alpha value is -3.57. The molecule has 3 aromatic rings. The highest BCUT2D eigenvalue weighted by Gasteiger charge is 2.27. The molecule has 2 heterocycles. The van der Waals surface area contributed by atoms with Gasteiger partial charge in [-0.05, 0) is 80.2 Å². The van der Waals surface area contributed by atoms with Gasteiger partial charge in [0, 0.05) is 12.6 Å². The number of fused-ring (bicyclic) bond motifs is 1. The predicted octanol–water partition coefficient (Wildman–Crippen LogP) is 6.18. The molecule has 0 saturated carbocycles. The first kappa shape index (κ1) is 24.1. The lowest BCUT2D eigenvalue weighted by Gasteiger charge is -2.26. The van der Waals surface area contributed by atoms with Crippen LogP contribution in [-0.2, 0) is 6.42 Å². The Labute approximate surface area is 213 Å². The van der Waals surface area contributed by atoms with Gasteiger partial charge in [-0.25, -0.2) is 0 Å². The number of allylic oxidation sites excluding steroid dienone is 1. The summed E-state index contributed by atoms with van der Waals surface area (Å²) in [5.74, 6) is 2.27. The molecule has 186 valence electrons. The van der Waals surface area contributed by atoms with Gasteiger partial charge in [0.25, 0.3) is 0 Å². The first-order valence-corrected chi connectivity index (χ1v) is 12.9. The van der Waals surface area contributed by atoms with Crippen LogP contribution in [0.3, 0.4) is 0 Å². The number of ether oxygens (including phenoxy) is 3. The van der Waals surface area contributed by atoms with E-state index in [-0.39, 0.29) is 5.78 Å². The number of carbonyl (C=O) groups excluding carboxylic acids is 1. The summed E-state index contributed by atoms with van der Waals surface area (Å²) in [6.07, 6.45) is 7.57. The lowest BCUT2D eigenvalue weighted by molar-refractivity contribution is 0.101. The molecule has 5 heteroatoms. The lowest BCUT2D eigenvalue weighted by atomic mass is 10.1. The van der Waals surface area contributed by atoms with Crippen LogP contribution in [0.4, 0.5) is 0 Å². The second kappa shape index (κ2) is 11.9. The minimum absolute atomic E-state index is 0.112. The van der Waals surface area contributed by atoms with Crippen LogP contribution in [0.25, 0.3) is 6.08 Å². The molecule has 0 bridgehead atoms. The van der Waals surface area contributed by atoms with E-state index < -0.39 is 0 Å². The van der Waals surface area contributed by atoms with Crippen molar-refractivity contribution in [3.05, 3.63) is 95.2 Å². The normalized spacial score (nSPS) is 16.6. The molecule has 0 spiro atoms. The number of rotatable bonds is 10. The second-order valence-corrected chi connectivity index (χ2v) is 9.36. The van der Waals surface area contributed by atoms with E-state index in [1.807, 2.05) is 42.5 Å². The summed E-state index contributed by atoms with van der Waals surface area (Å²) in [7, 11) is 0. The predicted molar refractivity (Wildman–Crippen MR) is 142 cm³/mol. The number of ketones is 1. The third-order valence-electron chi connectivity index (χ3n) is 6.64. The number of hydrogen-bond donors (Lipinski definition) is 0. The molecular formula is C31H33NO4. The van der Waals surface area contributed by atoms with Gasteiger partial charge in [-0.3, -0.25) is 9.69 Å². The number of hydrogen-bond acceptors (Lipinski definition) is 5. The van der Waals surface area contributed by atoms with Crippen LogP contribution < -0.4 is 14.2 Å². The molecule has 1 fully saturated rings. The smallest absolute Gasteiger partial charge is 0.231 e. The Morgan fingerprint density at radius 3 is 2.50 bits per heavy atom. The van der Waals surface area contributed by atoms with Crippen molar-refractivity contribution in [3.8, 4) is 17.2 Å². The van der Waals surface area contributed by atoms with Gasteiger partial charge in [-0.15, -0.1) is 0 Å². The highest BCUT2D eigenvalue weighted by Crippen LogP contribution is 2.35. The molecule has 1 saturated heterocycles. The maximum atomic E-state index is 12.9. The molecule has 0 aliphatic carbocycles. The molecule has 3 aromatic carbocycles. The lowest BCUT2D eigenvalue weighted by Crippen LogP contribution is -2.33. The van der Waals surface area contributed by atoms with Crippen LogP contribution in [0.1, 0.15) is 47.2 Å². The van der Waals surface area contributed by atoms with E-state index in [1.54, 1.807) is 12.1 Å². The Kier molecular flexibility index (Phi) is 7.99. The fraction of sp³-hybridized carbons (Fsp3) is 0.323. The molecule has 5 rings (SSSR count). The minimum Gasteiger partial charge on any atom is -0.494 e. The molecule has 0 unspecified atom stereocenters. The topological polar surface area (TPSA) is 48.0 Å². The van der Waals surface area contributed by atoms with Gasteiger partial charge in [-0.2, -0.15) is 0 Å². The minimum atomic E-state index is -0.112. The Bertz CT molecular complexity index is 1200. The molecule has 0 N–H and O–H groups in total. The summed E-state index contributed by atoms with van der Waals surface area (Å²) in [6, 6.07) is 23.6. The van der Waals surface area contributed by atoms with Gasteiger partial charge >= 0.3 is 0 Å². The van der Waals surface area contributed by atoms with Crippen LogP contribution in [0.2, 0.25) is 0 Å². The molecular weight excluding hydrogens is 450 g/mol. The molecule has 2 aliphatic heterocycles. The van der Waals surface area contributed by atoms with Crippen molar-refractivity contribution >= 4 is 11.9 Å². The number of likely N-dealkylation sites (tertiary alicyclic amines) is 1. The first-order chi connectivity index (χ1) is 17.7. The summed E-state index contributed by atoms with van der Waals surface area (Å²) in [5.41, 5.74) is 2.74. The fourth-order valence-corrected chi connectivity index (χ4v) is 4.69. The maximum absolute atomic E-state index is 12.9. The fourth-order valence-electron chi connectivity index (χ4n) is 4.69. The molecule has 36 heavy (non-hydrogen) atoms. The van der Waals surface area contributed by atoms with E-state index in [0.717, 1.165) is 49.5 Å². The van der Waals surface area contributed by atoms with Gasteiger partial charge in [0.1, 0.15) is 23.9 Å². The van der Waals surface area contributed by atoms with E-state index in [2.05, 4.69) is 29.2 Å². The van der Waals surface area contributed by atoms with E-state index in [9.17, 15) is 4.79 Å². The Morgan fingerprint density at radius 1 is 0.833 bits per heavy atom. The van der Waals surface area contributed by atoms with Gasteiger partial charge in [-0.1, -0.05) is 48.9 Å². The van der Waals surface area contributed by atoms with E-state index in [4.69, 9.17) is 14.2 Å². The maximum Gasteiger partial charge on any atom is 0.231 e. The van der Waals surface area contributed by atoms with Gasteiger partial charge in [0.2, 0.25) is 5.78 Å². The zero-order valence-corrected chi connectivity index (χ0v) is 20.7. The molecule has 5 nitrogen and oxygen atoms in total. The van der Waals surface area contributed by atoms with Crippen molar-refractivity contribution in [2.24, 2.45) is 0 Å². The standard InChI is InChI=1S/C31H33NO4/c33-31-28-15-14-27(35-20-18-32-16-5-2-6-17-32)23-29(28)36-30(31)22-25-11-7-13-26(21-25)34-19-8-12-24-9-3-1-4-10-24/h1,3-4,7,9-11,13-15,21-23H,2,5-6,8,12,16-20H2/b30-22-. The molecule has 0 atom stereocenters. The average Bonchev–Trinajstić information content (AvgIpc) is 3.22. The van der Waals surface area contributed by atoms with Gasteiger partial charge in [0.15, 0.2) is 5.76 Å². The van der Waals surface area contributed by atoms with Crippen molar-refractivity contribution < 1.29 is 19.0 Å². The van der Waals surface area contributed by atoms with Crippen molar-refractivity contribution in [1.29, 1.82) is 0 Å². The van der Waals surface area contributed by atoms with E-state index in [0.29, 0.717) is 30.3 Å². The van der Waals surface area contributed by atoms with Crippen molar-refractivity contribution in [2.45, 2.75) is 32.1 Å². The van der Waals surface area contributed by atoms with Gasteiger partial charge in [0.05, 0.1) is 12.2 Å². The zero-order valence-electron chi connectivity index (χ0n) is 20.7. The summed E-state index contributed by atoms with van der Waals surface area (Å²) in [6.45, 7) is 4.50. The average molecular weight is 484 g/mol.